The number of ether oxygens (including phenoxy) is 1. The Labute approximate surface area is 155 Å². The second-order valence-corrected chi connectivity index (χ2v) is 10.6. The summed E-state index contributed by atoms with van der Waals surface area (Å²) in [5.41, 5.74) is -0.410. The van der Waals surface area contributed by atoms with Crippen LogP contribution >= 0.6 is 0 Å². The van der Waals surface area contributed by atoms with Gasteiger partial charge in [-0.3, -0.25) is 0 Å². The van der Waals surface area contributed by atoms with Gasteiger partial charge in [-0.15, -0.1) is 0 Å². The van der Waals surface area contributed by atoms with Crippen LogP contribution in [0.2, 0.25) is 13.1 Å². The third kappa shape index (κ3) is 8.38. The highest BCUT2D eigenvalue weighted by molar-refractivity contribution is 6.48. The summed E-state index contributed by atoms with van der Waals surface area (Å²) in [6.07, 6.45) is 0. The first kappa shape index (κ1) is 24.1. The van der Waals surface area contributed by atoms with Gasteiger partial charge < -0.3 is 24.3 Å². The lowest BCUT2D eigenvalue weighted by molar-refractivity contribution is -0.121. The average molecular weight is 369 g/mol. The minimum Gasteiger partial charge on any atom is -0.482 e. The van der Waals surface area contributed by atoms with Gasteiger partial charge in [0.05, 0.1) is 6.61 Å². The topological polar surface area (TPSA) is 79.2 Å². The molecule has 0 fully saturated rings. The van der Waals surface area contributed by atoms with E-state index in [9.17, 15) is 5.11 Å². The largest absolute Gasteiger partial charge is 0.482 e. The van der Waals surface area contributed by atoms with Crippen molar-refractivity contribution in [2.75, 3.05) is 6.61 Å². The van der Waals surface area contributed by atoms with Gasteiger partial charge in [0.2, 0.25) is 0 Å². The molecule has 7 heteroatoms. The lowest BCUT2D eigenvalue weighted by Crippen LogP contribution is -2.56. The van der Waals surface area contributed by atoms with E-state index in [4.69, 9.17) is 19.2 Å². The molecule has 0 aliphatic carbocycles. The molecule has 0 heterocycles. The van der Waals surface area contributed by atoms with Crippen molar-refractivity contribution in [3.8, 4) is 5.75 Å². The fourth-order valence-electron chi connectivity index (χ4n) is 1.94. The fourth-order valence-corrected chi connectivity index (χ4v) is 2.59. The van der Waals surface area contributed by atoms with Gasteiger partial charge in [-0.25, -0.2) is 0 Å². The summed E-state index contributed by atoms with van der Waals surface area (Å²) in [5, 5.41) is 24.5. The third-order valence-corrected chi connectivity index (χ3v) is 4.88. The van der Waals surface area contributed by atoms with E-state index in [0.717, 1.165) is 5.75 Å². The Morgan fingerprint density at radius 3 is 1.72 bits per heavy atom. The summed E-state index contributed by atoms with van der Waals surface area (Å²) < 4.78 is 12.0. The second-order valence-electron chi connectivity index (χ2n) is 8.14. The summed E-state index contributed by atoms with van der Waals surface area (Å²) in [6.45, 7) is 16.6. The molecule has 0 aliphatic rings. The number of aliphatic hydroxyl groups is 1. The van der Waals surface area contributed by atoms with Crippen LogP contribution in [-0.4, -0.2) is 49.7 Å². The highest BCUT2D eigenvalue weighted by Crippen LogP contribution is 2.31. The Morgan fingerprint density at radius 1 is 0.960 bits per heavy atom. The van der Waals surface area contributed by atoms with E-state index in [-0.39, 0.29) is 13.1 Å². The maximum absolute atomic E-state index is 10.5. The molecule has 1 atom stereocenters. The molecule has 1 unspecified atom stereocenters. The molecule has 0 saturated heterocycles. The molecule has 0 amide bonds. The van der Waals surface area contributed by atoms with Crippen molar-refractivity contribution in [3.63, 3.8) is 0 Å². The summed E-state index contributed by atoms with van der Waals surface area (Å²) in [7, 11) is -1.17. The van der Waals surface area contributed by atoms with Gasteiger partial charge in [0.25, 0.3) is 0 Å². The molecule has 1 aromatic rings. The Balaban J connectivity index is 0.00000178. The smallest absolute Gasteiger partial charge is 0.482 e. The quantitative estimate of drug-likeness (QED) is 0.671. The lowest BCUT2D eigenvalue weighted by Gasteiger charge is -2.41. The SMILES string of the molecule is C[SiH](C)OCC(C)(Oc1ccc(C(C)(C)C)cc1)C(C)(C)O.O[B]O. The number of hydrogen-bond donors (Lipinski definition) is 3. The summed E-state index contributed by atoms with van der Waals surface area (Å²) >= 11 is 0. The predicted octanol–water partition coefficient (Wildman–Crippen LogP) is 2.40. The highest BCUT2D eigenvalue weighted by atomic mass is 28.3. The standard InChI is InChI=1S/C18H32O3Si.BH2O2/c1-16(2,3)14-9-11-15(12-10-14)21-18(6,17(4,5)19)13-20-22(7)8;2-1-3/h9-12,19,22H,13H2,1-8H3;2-3H. The molecule has 25 heavy (non-hydrogen) atoms. The zero-order valence-corrected chi connectivity index (χ0v) is 18.0. The maximum atomic E-state index is 10.5. The van der Waals surface area contributed by atoms with Crippen LogP contribution < -0.4 is 4.74 Å². The van der Waals surface area contributed by atoms with Crippen LogP contribution in [0, 0.1) is 0 Å². The average Bonchev–Trinajstić information content (AvgIpc) is 2.44. The number of benzene rings is 1. The molecule has 1 rings (SSSR count). The summed E-state index contributed by atoms with van der Waals surface area (Å²) in [6, 6.07) is 8.10. The normalized spacial score (nSPS) is 14.4. The van der Waals surface area contributed by atoms with Crippen LogP contribution in [-0.2, 0) is 9.84 Å². The van der Waals surface area contributed by atoms with Gasteiger partial charge in [-0.05, 0) is 57.0 Å². The first-order chi connectivity index (χ1) is 11.3. The Morgan fingerprint density at radius 2 is 1.40 bits per heavy atom. The monoisotopic (exact) mass is 369 g/mol. The van der Waals surface area contributed by atoms with Crippen molar-refractivity contribution in [1.29, 1.82) is 0 Å². The van der Waals surface area contributed by atoms with Crippen molar-refractivity contribution >= 4 is 16.7 Å². The Bertz CT molecular complexity index is 494. The van der Waals surface area contributed by atoms with E-state index in [0.29, 0.717) is 6.61 Å². The minimum absolute atomic E-state index is 0. The molecule has 5 nitrogen and oxygen atoms in total. The van der Waals surface area contributed by atoms with Gasteiger partial charge >= 0.3 is 7.69 Å². The Kier molecular flexibility index (Phi) is 9.40. The molecule has 0 aliphatic heterocycles. The van der Waals surface area contributed by atoms with Crippen LogP contribution in [0.25, 0.3) is 0 Å². The van der Waals surface area contributed by atoms with E-state index in [1.54, 1.807) is 13.8 Å². The van der Waals surface area contributed by atoms with Crippen molar-refractivity contribution in [3.05, 3.63) is 29.8 Å². The van der Waals surface area contributed by atoms with Gasteiger partial charge in [0.1, 0.15) is 11.4 Å². The highest BCUT2D eigenvalue weighted by Gasteiger charge is 2.42. The van der Waals surface area contributed by atoms with E-state index in [1.807, 2.05) is 19.1 Å². The summed E-state index contributed by atoms with van der Waals surface area (Å²) in [5.74, 6) is 0.756. The van der Waals surface area contributed by atoms with Crippen molar-refractivity contribution in [1.82, 2.24) is 0 Å². The zero-order valence-electron chi connectivity index (χ0n) is 16.8. The summed E-state index contributed by atoms with van der Waals surface area (Å²) in [4.78, 5) is 0. The first-order valence-electron chi connectivity index (χ1n) is 8.50. The Hall–Kier alpha value is -0.858. The number of rotatable bonds is 6. The molecule has 143 valence electrons. The van der Waals surface area contributed by atoms with Gasteiger partial charge in [-0.2, -0.15) is 0 Å². The van der Waals surface area contributed by atoms with Crippen LogP contribution in [0.1, 0.15) is 47.1 Å². The zero-order chi connectivity index (χ0) is 19.9. The molecule has 1 radical (unpaired) electrons. The molecule has 0 spiro atoms. The van der Waals surface area contributed by atoms with Gasteiger partial charge in [-0.1, -0.05) is 32.9 Å². The second kappa shape index (κ2) is 9.73. The van der Waals surface area contributed by atoms with Crippen LogP contribution in [0.4, 0.5) is 0 Å². The van der Waals surface area contributed by atoms with Crippen molar-refractivity contribution in [2.45, 2.75) is 71.3 Å². The molecule has 1 aromatic carbocycles. The first-order valence-corrected chi connectivity index (χ1v) is 11.3. The van der Waals surface area contributed by atoms with Crippen LogP contribution in [0.5, 0.6) is 5.75 Å². The van der Waals surface area contributed by atoms with Gasteiger partial charge in [0, 0.05) is 0 Å². The van der Waals surface area contributed by atoms with E-state index >= 15 is 0 Å². The fraction of sp³-hybridized carbons (Fsp3) is 0.667. The lowest BCUT2D eigenvalue weighted by atomic mass is 9.86. The van der Waals surface area contributed by atoms with E-state index < -0.39 is 20.2 Å². The molecule has 0 saturated carbocycles. The minimum atomic E-state index is -1.17. The number of hydrogen-bond acceptors (Lipinski definition) is 5. The van der Waals surface area contributed by atoms with Crippen LogP contribution in [0.3, 0.4) is 0 Å². The van der Waals surface area contributed by atoms with Gasteiger partial charge in [0.15, 0.2) is 14.6 Å². The van der Waals surface area contributed by atoms with E-state index in [2.05, 4.69) is 46.0 Å². The predicted molar refractivity (Wildman–Crippen MR) is 105 cm³/mol. The van der Waals surface area contributed by atoms with Crippen LogP contribution in [0.15, 0.2) is 24.3 Å². The third-order valence-electron chi connectivity index (χ3n) is 4.05. The molecule has 3 N–H and O–H groups in total. The molecule has 0 bridgehead atoms. The molecular formula is C18H34BO5Si. The maximum Gasteiger partial charge on any atom is 0.482 e. The molecular weight excluding hydrogens is 335 g/mol. The van der Waals surface area contributed by atoms with Crippen molar-refractivity contribution < 1.29 is 24.3 Å². The van der Waals surface area contributed by atoms with Crippen molar-refractivity contribution in [2.24, 2.45) is 0 Å². The molecule has 0 aromatic heterocycles. The van der Waals surface area contributed by atoms with E-state index in [1.165, 1.54) is 5.56 Å².